The van der Waals surface area contributed by atoms with Gasteiger partial charge in [0.05, 0.1) is 0 Å². The number of carbonyl (C=O) groups excluding carboxylic acids is 1. The molecule has 2 aliphatic heterocycles. The van der Waals surface area contributed by atoms with Gasteiger partial charge in [-0.3, -0.25) is 0 Å². The number of amides is 2. The predicted octanol–water partition coefficient (Wildman–Crippen LogP) is -0.885. The monoisotopic (exact) mass is 212 g/mol. The summed E-state index contributed by atoms with van der Waals surface area (Å²) in [7, 11) is 0. The first-order chi connectivity index (χ1) is 7.34. The molecule has 4 N–H and O–H groups in total. The van der Waals surface area contributed by atoms with E-state index in [-0.39, 0.29) is 6.03 Å². The summed E-state index contributed by atoms with van der Waals surface area (Å²) in [4.78, 5) is 11.4. The molecule has 0 bridgehead atoms. The molecule has 2 saturated heterocycles. The standard InChI is InChI=1S/C10H20N4O/c15-10(14-7-9-4-12-5-9)13-6-8-1-2-11-3-8/h8-9,11-12H,1-7H2,(H2,13,14,15). The van der Waals surface area contributed by atoms with E-state index in [0.717, 1.165) is 39.3 Å². The Hall–Kier alpha value is -0.810. The molecule has 2 aliphatic rings. The topological polar surface area (TPSA) is 65.2 Å². The summed E-state index contributed by atoms with van der Waals surface area (Å²) in [6, 6.07) is -0.0196. The number of rotatable bonds is 4. The van der Waals surface area contributed by atoms with Crippen molar-refractivity contribution in [2.24, 2.45) is 11.8 Å². The fourth-order valence-electron chi connectivity index (χ4n) is 1.92. The Morgan fingerprint density at radius 2 is 1.73 bits per heavy atom. The minimum absolute atomic E-state index is 0.0196. The third-order valence-electron chi connectivity index (χ3n) is 3.13. The Kier molecular flexibility index (Phi) is 3.80. The third kappa shape index (κ3) is 3.35. The van der Waals surface area contributed by atoms with Crippen LogP contribution in [-0.2, 0) is 0 Å². The van der Waals surface area contributed by atoms with Crippen LogP contribution in [0.15, 0.2) is 0 Å². The van der Waals surface area contributed by atoms with Gasteiger partial charge in [0, 0.05) is 32.1 Å². The summed E-state index contributed by atoms with van der Waals surface area (Å²) >= 11 is 0. The molecule has 0 radical (unpaired) electrons. The molecule has 15 heavy (non-hydrogen) atoms. The van der Waals surface area contributed by atoms with Crippen LogP contribution < -0.4 is 21.3 Å². The lowest BCUT2D eigenvalue weighted by atomic mass is 10.0. The van der Waals surface area contributed by atoms with Gasteiger partial charge in [0.2, 0.25) is 0 Å². The molecule has 2 rings (SSSR count). The van der Waals surface area contributed by atoms with Gasteiger partial charge in [0.25, 0.3) is 0 Å². The zero-order chi connectivity index (χ0) is 10.5. The molecule has 0 aromatic heterocycles. The van der Waals surface area contributed by atoms with E-state index in [4.69, 9.17) is 0 Å². The van der Waals surface area contributed by atoms with Crippen LogP contribution in [0, 0.1) is 11.8 Å². The van der Waals surface area contributed by atoms with E-state index >= 15 is 0 Å². The van der Waals surface area contributed by atoms with Gasteiger partial charge in [-0.25, -0.2) is 4.79 Å². The van der Waals surface area contributed by atoms with Crippen LogP contribution in [0.3, 0.4) is 0 Å². The highest BCUT2D eigenvalue weighted by atomic mass is 16.2. The second kappa shape index (κ2) is 5.32. The number of nitrogens with one attached hydrogen (secondary N) is 4. The SMILES string of the molecule is O=C(NCC1CCNC1)NCC1CNC1. The fourth-order valence-corrected chi connectivity index (χ4v) is 1.92. The summed E-state index contributed by atoms with van der Waals surface area (Å²) in [6.45, 7) is 5.78. The Bertz CT molecular complexity index is 211. The van der Waals surface area contributed by atoms with Gasteiger partial charge >= 0.3 is 6.03 Å². The van der Waals surface area contributed by atoms with Crippen LogP contribution in [0.1, 0.15) is 6.42 Å². The van der Waals surface area contributed by atoms with Crippen molar-refractivity contribution < 1.29 is 4.79 Å². The largest absolute Gasteiger partial charge is 0.338 e. The molecule has 0 aromatic rings. The molecule has 2 heterocycles. The molecule has 86 valence electrons. The van der Waals surface area contributed by atoms with Crippen molar-refractivity contribution in [3.05, 3.63) is 0 Å². The Balaban J connectivity index is 1.51. The first kappa shape index (κ1) is 10.7. The second-order valence-electron chi connectivity index (χ2n) is 4.47. The normalized spacial score (nSPS) is 26.0. The molecule has 5 nitrogen and oxygen atoms in total. The van der Waals surface area contributed by atoms with Crippen molar-refractivity contribution in [1.82, 2.24) is 21.3 Å². The van der Waals surface area contributed by atoms with Crippen molar-refractivity contribution in [2.75, 3.05) is 39.3 Å². The molecule has 0 aliphatic carbocycles. The Labute approximate surface area is 90.4 Å². The van der Waals surface area contributed by atoms with E-state index in [1.165, 1.54) is 6.42 Å². The molecule has 0 saturated carbocycles. The average Bonchev–Trinajstić information content (AvgIpc) is 2.64. The highest BCUT2D eigenvalue weighted by Gasteiger charge is 2.18. The lowest BCUT2D eigenvalue weighted by Gasteiger charge is -2.27. The average molecular weight is 212 g/mol. The van der Waals surface area contributed by atoms with Crippen molar-refractivity contribution in [1.29, 1.82) is 0 Å². The highest BCUT2D eigenvalue weighted by Crippen LogP contribution is 2.05. The zero-order valence-corrected chi connectivity index (χ0v) is 9.01. The lowest BCUT2D eigenvalue weighted by Crippen LogP contribution is -2.50. The van der Waals surface area contributed by atoms with Gasteiger partial charge in [-0.05, 0) is 25.4 Å². The van der Waals surface area contributed by atoms with Gasteiger partial charge in [-0.1, -0.05) is 0 Å². The smallest absolute Gasteiger partial charge is 0.314 e. The van der Waals surface area contributed by atoms with Crippen LogP contribution >= 0.6 is 0 Å². The summed E-state index contributed by atoms with van der Waals surface area (Å²) < 4.78 is 0. The minimum atomic E-state index is -0.0196. The van der Waals surface area contributed by atoms with Crippen molar-refractivity contribution in [2.45, 2.75) is 6.42 Å². The minimum Gasteiger partial charge on any atom is -0.338 e. The number of hydrogen-bond donors (Lipinski definition) is 4. The van der Waals surface area contributed by atoms with E-state index in [1.807, 2.05) is 0 Å². The van der Waals surface area contributed by atoms with Crippen LogP contribution in [0.25, 0.3) is 0 Å². The van der Waals surface area contributed by atoms with Crippen molar-refractivity contribution in [3.8, 4) is 0 Å². The Morgan fingerprint density at radius 3 is 2.27 bits per heavy atom. The number of urea groups is 1. The van der Waals surface area contributed by atoms with Crippen LogP contribution in [0.4, 0.5) is 4.79 Å². The molecule has 1 unspecified atom stereocenters. The van der Waals surface area contributed by atoms with E-state index in [0.29, 0.717) is 11.8 Å². The zero-order valence-electron chi connectivity index (χ0n) is 9.01. The second-order valence-corrected chi connectivity index (χ2v) is 4.47. The lowest BCUT2D eigenvalue weighted by molar-refractivity contribution is 0.233. The summed E-state index contributed by atoms with van der Waals surface area (Å²) in [5.74, 6) is 1.24. The fraction of sp³-hybridized carbons (Fsp3) is 0.900. The molecule has 5 heteroatoms. The molecule has 0 aromatic carbocycles. The van der Waals surface area contributed by atoms with Crippen molar-refractivity contribution >= 4 is 6.03 Å². The number of hydrogen-bond acceptors (Lipinski definition) is 3. The first-order valence-electron chi connectivity index (χ1n) is 5.77. The van der Waals surface area contributed by atoms with Gasteiger partial charge in [-0.15, -0.1) is 0 Å². The third-order valence-corrected chi connectivity index (χ3v) is 3.13. The van der Waals surface area contributed by atoms with E-state index in [1.54, 1.807) is 0 Å². The van der Waals surface area contributed by atoms with E-state index in [2.05, 4.69) is 21.3 Å². The maximum Gasteiger partial charge on any atom is 0.314 e. The van der Waals surface area contributed by atoms with Crippen molar-refractivity contribution in [3.63, 3.8) is 0 Å². The quantitative estimate of drug-likeness (QED) is 0.489. The molecule has 0 spiro atoms. The van der Waals surface area contributed by atoms with Gasteiger partial charge in [-0.2, -0.15) is 0 Å². The summed E-state index contributed by atoms with van der Waals surface area (Å²) in [5.41, 5.74) is 0. The molecule has 2 amide bonds. The molecule has 1 atom stereocenters. The maximum atomic E-state index is 11.4. The first-order valence-corrected chi connectivity index (χ1v) is 5.77. The van der Waals surface area contributed by atoms with E-state index in [9.17, 15) is 4.79 Å². The summed E-state index contributed by atoms with van der Waals surface area (Å²) in [5, 5.41) is 12.3. The van der Waals surface area contributed by atoms with Gasteiger partial charge in [0.15, 0.2) is 0 Å². The Morgan fingerprint density at radius 1 is 1.07 bits per heavy atom. The van der Waals surface area contributed by atoms with Gasteiger partial charge in [0.1, 0.15) is 0 Å². The van der Waals surface area contributed by atoms with E-state index < -0.39 is 0 Å². The summed E-state index contributed by atoms with van der Waals surface area (Å²) in [6.07, 6.45) is 1.17. The van der Waals surface area contributed by atoms with Gasteiger partial charge < -0.3 is 21.3 Å². The molecule has 2 fully saturated rings. The number of carbonyl (C=O) groups is 1. The predicted molar refractivity (Wildman–Crippen MR) is 58.7 cm³/mol. The van der Waals surface area contributed by atoms with Crippen LogP contribution in [0.2, 0.25) is 0 Å². The van der Waals surface area contributed by atoms with Crippen LogP contribution in [0.5, 0.6) is 0 Å². The highest BCUT2D eigenvalue weighted by molar-refractivity contribution is 5.73. The maximum absolute atomic E-state index is 11.4. The molecular formula is C10H20N4O. The molecular weight excluding hydrogens is 192 g/mol. The van der Waals surface area contributed by atoms with Crippen LogP contribution in [-0.4, -0.2) is 45.3 Å².